The molecule has 27 heavy (non-hydrogen) atoms. The fraction of sp³-hybridized carbons (Fsp3) is 0.118. The molecule has 0 bridgehead atoms. The fourth-order valence-corrected chi connectivity index (χ4v) is 2.36. The summed E-state index contributed by atoms with van der Waals surface area (Å²) in [4.78, 5) is 12.2. The topological polar surface area (TPSA) is 106 Å². The molecule has 0 radical (unpaired) electrons. The van der Waals surface area contributed by atoms with E-state index in [2.05, 4.69) is 31.7 Å². The summed E-state index contributed by atoms with van der Waals surface area (Å²) in [6, 6.07) is 14.1. The predicted molar refractivity (Wildman–Crippen MR) is 104 cm³/mol. The average molecular weight is 383 g/mol. The Labute approximate surface area is 160 Å². The van der Waals surface area contributed by atoms with Gasteiger partial charge in [0.15, 0.2) is 5.11 Å². The minimum atomic E-state index is -0.325. The Hall–Kier alpha value is -3.53. The zero-order valence-electron chi connectivity index (χ0n) is 14.4. The molecule has 138 valence electrons. The maximum atomic E-state index is 12.2. The molecular weight excluding hydrogens is 366 g/mol. The number of carbonyl (C=O) groups excluding carboxylic acids is 1. The summed E-state index contributed by atoms with van der Waals surface area (Å²) >= 11 is 5.17. The second kappa shape index (κ2) is 8.72. The molecule has 2 aromatic carbocycles. The van der Waals surface area contributed by atoms with Gasteiger partial charge in [0.25, 0.3) is 5.91 Å². The molecule has 0 unspecified atom stereocenters. The summed E-state index contributed by atoms with van der Waals surface area (Å²) < 4.78 is 6.88. The molecule has 0 saturated heterocycles. The van der Waals surface area contributed by atoms with Crippen molar-refractivity contribution in [3.63, 3.8) is 0 Å². The molecule has 1 aromatic heterocycles. The van der Waals surface area contributed by atoms with Gasteiger partial charge in [-0.05, 0) is 78.1 Å². The highest BCUT2D eigenvalue weighted by molar-refractivity contribution is 7.80. The second-order valence-corrected chi connectivity index (χ2v) is 5.70. The van der Waals surface area contributed by atoms with Crippen LogP contribution in [0.4, 0.5) is 5.69 Å². The summed E-state index contributed by atoms with van der Waals surface area (Å²) in [7, 11) is 0. The summed E-state index contributed by atoms with van der Waals surface area (Å²) in [5.74, 6) is 0.453. The number of aromatic nitrogens is 4. The lowest BCUT2D eigenvalue weighted by Crippen LogP contribution is -2.43. The molecule has 0 aliphatic rings. The van der Waals surface area contributed by atoms with Gasteiger partial charge in [-0.2, -0.15) is 0 Å². The van der Waals surface area contributed by atoms with Crippen molar-refractivity contribution in [2.75, 3.05) is 11.9 Å². The normalized spacial score (nSPS) is 10.1. The molecular formula is C17H17N7O2S. The number of benzene rings is 2. The van der Waals surface area contributed by atoms with Crippen LogP contribution in [0, 0.1) is 0 Å². The third-order valence-corrected chi connectivity index (χ3v) is 3.66. The number of nitrogens with zero attached hydrogens (tertiary/aromatic N) is 4. The monoisotopic (exact) mass is 383 g/mol. The zero-order chi connectivity index (χ0) is 19.1. The number of carbonyl (C=O) groups is 1. The van der Waals surface area contributed by atoms with Crippen molar-refractivity contribution >= 4 is 28.9 Å². The minimum Gasteiger partial charge on any atom is -0.494 e. The Morgan fingerprint density at radius 2 is 1.85 bits per heavy atom. The SMILES string of the molecule is CCOc1ccc(NC(=S)NNC(=O)c2ccc(-n3cnnn3)cc2)cc1. The van der Waals surface area contributed by atoms with Crippen LogP contribution in [0.2, 0.25) is 0 Å². The van der Waals surface area contributed by atoms with E-state index in [9.17, 15) is 4.79 Å². The van der Waals surface area contributed by atoms with Gasteiger partial charge in [-0.1, -0.05) is 0 Å². The van der Waals surface area contributed by atoms with E-state index in [0.717, 1.165) is 17.1 Å². The molecule has 0 aliphatic heterocycles. The van der Waals surface area contributed by atoms with Gasteiger partial charge < -0.3 is 10.1 Å². The van der Waals surface area contributed by atoms with Gasteiger partial charge in [-0.15, -0.1) is 5.10 Å². The lowest BCUT2D eigenvalue weighted by Gasteiger charge is -2.12. The van der Waals surface area contributed by atoms with E-state index >= 15 is 0 Å². The maximum absolute atomic E-state index is 12.2. The molecule has 0 saturated carbocycles. The molecule has 1 heterocycles. The minimum absolute atomic E-state index is 0.262. The number of anilines is 1. The molecule has 10 heteroatoms. The standard InChI is InChI=1S/C17H17N7O2S/c1-2-26-15-9-5-13(6-10-15)19-17(27)21-20-16(25)12-3-7-14(8-4-12)24-11-18-22-23-24/h3-11H,2H2,1H3,(H,20,25)(H2,19,21,27). The van der Waals surface area contributed by atoms with Gasteiger partial charge in [0.1, 0.15) is 12.1 Å². The number of hydrogen-bond donors (Lipinski definition) is 3. The Balaban J connectivity index is 1.50. The van der Waals surface area contributed by atoms with Gasteiger partial charge in [0.2, 0.25) is 0 Å². The Bertz CT molecular complexity index is 896. The van der Waals surface area contributed by atoms with E-state index in [-0.39, 0.29) is 11.0 Å². The third kappa shape index (κ3) is 4.98. The number of nitrogens with one attached hydrogen (secondary N) is 3. The van der Waals surface area contributed by atoms with Crippen molar-refractivity contribution in [2.45, 2.75) is 6.92 Å². The number of hydrogen-bond acceptors (Lipinski definition) is 6. The smallest absolute Gasteiger partial charge is 0.269 e. The molecule has 9 nitrogen and oxygen atoms in total. The van der Waals surface area contributed by atoms with Crippen molar-refractivity contribution in [1.82, 2.24) is 31.1 Å². The van der Waals surface area contributed by atoms with Gasteiger partial charge in [-0.3, -0.25) is 15.6 Å². The summed E-state index contributed by atoms with van der Waals surface area (Å²) in [5, 5.41) is 14.2. The van der Waals surface area contributed by atoms with Crippen LogP contribution in [0.1, 0.15) is 17.3 Å². The molecule has 1 amide bonds. The first-order chi connectivity index (χ1) is 13.2. The van der Waals surface area contributed by atoms with Crippen molar-refractivity contribution in [1.29, 1.82) is 0 Å². The Kier molecular flexibility index (Phi) is 5.90. The van der Waals surface area contributed by atoms with Crippen LogP contribution < -0.4 is 20.9 Å². The number of rotatable bonds is 5. The molecule has 3 rings (SSSR count). The average Bonchev–Trinajstić information content (AvgIpc) is 3.23. The number of amides is 1. The maximum Gasteiger partial charge on any atom is 0.269 e. The van der Waals surface area contributed by atoms with Crippen molar-refractivity contribution in [2.24, 2.45) is 0 Å². The number of thiocarbonyl (C=S) groups is 1. The van der Waals surface area contributed by atoms with E-state index in [1.54, 1.807) is 24.3 Å². The lowest BCUT2D eigenvalue weighted by atomic mass is 10.2. The number of tetrazole rings is 1. The Morgan fingerprint density at radius 3 is 2.48 bits per heavy atom. The van der Waals surface area contributed by atoms with E-state index in [1.807, 2.05) is 31.2 Å². The summed E-state index contributed by atoms with van der Waals surface area (Å²) in [6.07, 6.45) is 1.47. The first kappa shape index (κ1) is 18.3. The van der Waals surface area contributed by atoms with Gasteiger partial charge >= 0.3 is 0 Å². The van der Waals surface area contributed by atoms with E-state index < -0.39 is 0 Å². The fourth-order valence-electron chi connectivity index (χ4n) is 2.19. The first-order valence-electron chi connectivity index (χ1n) is 8.09. The summed E-state index contributed by atoms with van der Waals surface area (Å²) in [5.41, 5.74) is 7.19. The zero-order valence-corrected chi connectivity index (χ0v) is 15.2. The highest BCUT2D eigenvalue weighted by atomic mass is 32.1. The largest absolute Gasteiger partial charge is 0.494 e. The number of ether oxygens (including phenoxy) is 1. The molecule has 0 atom stereocenters. The van der Waals surface area contributed by atoms with Crippen LogP contribution in [0.15, 0.2) is 54.9 Å². The highest BCUT2D eigenvalue weighted by Crippen LogP contribution is 2.15. The molecule has 0 aliphatic carbocycles. The molecule has 0 fully saturated rings. The molecule has 3 N–H and O–H groups in total. The van der Waals surface area contributed by atoms with Crippen molar-refractivity contribution < 1.29 is 9.53 Å². The quantitative estimate of drug-likeness (QED) is 0.451. The first-order valence-corrected chi connectivity index (χ1v) is 8.50. The summed E-state index contributed by atoms with van der Waals surface area (Å²) in [6.45, 7) is 2.53. The van der Waals surface area contributed by atoms with Crippen LogP contribution in [0.25, 0.3) is 5.69 Å². The van der Waals surface area contributed by atoms with Gasteiger partial charge in [0.05, 0.1) is 12.3 Å². The predicted octanol–water partition coefficient (Wildman–Crippen LogP) is 1.69. The molecule has 3 aromatic rings. The van der Waals surface area contributed by atoms with Gasteiger partial charge in [-0.25, -0.2) is 4.68 Å². The Morgan fingerprint density at radius 1 is 1.11 bits per heavy atom. The van der Waals surface area contributed by atoms with Crippen LogP contribution in [-0.4, -0.2) is 37.8 Å². The third-order valence-electron chi connectivity index (χ3n) is 3.46. The van der Waals surface area contributed by atoms with Crippen LogP contribution >= 0.6 is 12.2 Å². The van der Waals surface area contributed by atoms with E-state index in [0.29, 0.717) is 12.2 Å². The van der Waals surface area contributed by atoms with Crippen LogP contribution in [0.3, 0.4) is 0 Å². The van der Waals surface area contributed by atoms with Crippen molar-refractivity contribution in [3.8, 4) is 11.4 Å². The number of hydrazine groups is 1. The van der Waals surface area contributed by atoms with Crippen molar-refractivity contribution in [3.05, 3.63) is 60.4 Å². The lowest BCUT2D eigenvalue weighted by molar-refractivity contribution is 0.0944. The van der Waals surface area contributed by atoms with Gasteiger partial charge in [0, 0.05) is 11.3 Å². The van der Waals surface area contributed by atoms with E-state index in [4.69, 9.17) is 17.0 Å². The van der Waals surface area contributed by atoms with Crippen LogP contribution in [0.5, 0.6) is 5.75 Å². The van der Waals surface area contributed by atoms with E-state index in [1.165, 1.54) is 11.0 Å². The highest BCUT2D eigenvalue weighted by Gasteiger charge is 2.07. The second-order valence-electron chi connectivity index (χ2n) is 5.29. The van der Waals surface area contributed by atoms with Crippen LogP contribution in [-0.2, 0) is 0 Å². The molecule has 0 spiro atoms.